The number of piperidine rings is 1. The molecule has 44 heavy (non-hydrogen) atoms. The summed E-state index contributed by atoms with van der Waals surface area (Å²) in [4.78, 5) is 31.8. The van der Waals surface area contributed by atoms with Crippen LogP contribution >= 0.6 is 0 Å². The van der Waals surface area contributed by atoms with E-state index >= 15 is 4.39 Å². The van der Waals surface area contributed by atoms with Crippen LogP contribution in [-0.4, -0.2) is 67.0 Å². The molecule has 0 aliphatic carbocycles. The van der Waals surface area contributed by atoms with Gasteiger partial charge in [-0.2, -0.15) is 13.2 Å². The summed E-state index contributed by atoms with van der Waals surface area (Å²) >= 11 is 0. The third-order valence-electron chi connectivity index (χ3n) is 8.25. The van der Waals surface area contributed by atoms with Crippen molar-refractivity contribution in [2.45, 2.75) is 44.1 Å². The van der Waals surface area contributed by atoms with Crippen molar-refractivity contribution in [3.05, 3.63) is 71.5 Å². The number of hydrogen-bond donors (Lipinski definition) is 2. The number of amides is 1. The molecule has 0 spiro atoms. The number of methoxy groups -OCH3 is 1. The Kier molecular flexibility index (Phi) is 9.14. The van der Waals surface area contributed by atoms with Crippen molar-refractivity contribution >= 4 is 23.5 Å². The number of halogens is 4. The molecule has 0 bridgehead atoms. The zero-order valence-electron chi connectivity index (χ0n) is 24.5. The molecule has 5 rings (SSSR count). The molecule has 2 aliphatic heterocycles. The molecule has 236 valence electrons. The number of carbonyl (C=O) groups excluding carboxylic acids is 2. The third-order valence-corrected chi connectivity index (χ3v) is 8.25. The molecule has 3 aromatic rings. The third kappa shape index (κ3) is 6.52. The maximum Gasteiger partial charge on any atom is 0.416 e. The minimum Gasteiger partial charge on any atom is -0.497 e. The van der Waals surface area contributed by atoms with Gasteiger partial charge in [0.1, 0.15) is 5.75 Å². The van der Waals surface area contributed by atoms with Crippen LogP contribution in [0.5, 0.6) is 5.75 Å². The highest BCUT2D eigenvalue weighted by atomic mass is 19.4. The lowest BCUT2D eigenvalue weighted by molar-refractivity contribution is -0.148. The van der Waals surface area contributed by atoms with Crippen molar-refractivity contribution in [1.29, 1.82) is 0 Å². The van der Waals surface area contributed by atoms with E-state index in [4.69, 9.17) is 9.47 Å². The van der Waals surface area contributed by atoms with Crippen molar-refractivity contribution in [3.8, 4) is 5.75 Å². The summed E-state index contributed by atoms with van der Waals surface area (Å²) in [5.41, 5.74) is -1.62. The van der Waals surface area contributed by atoms with Crippen LogP contribution in [-0.2, 0) is 27.0 Å². The number of aromatic nitrogens is 2. The van der Waals surface area contributed by atoms with Crippen molar-refractivity contribution in [2.75, 3.05) is 50.1 Å². The van der Waals surface area contributed by atoms with Gasteiger partial charge in [0.2, 0.25) is 11.6 Å². The van der Waals surface area contributed by atoms with Crippen LogP contribution in [0.25, 0.3) is 0 Å². The van der Waals surface area contributed by atoms with E-state index < -0.39 is 35.2 Å². The smallest absolute Gasteiger partial charge is 0.416 e. The van der Waals surface area contributed by atoms with E-state index in [1.54, 1.807) is 46.9 Å². The van der Waals surface area contributed by atoms with E-state index in [1.807, 2.05) is 0 Å². The Morgan fingerprint density at radius 1 is 1.18 bits per heavy atom. The summed E-state index contributed by atoms with van der Waals surface area (Å²) in [6, 6.07) is 10.3. The number of hydrogen-bond acceptors (Lipinski definition) is 7. The molecule has 0 saturated carbocycles. The van der Waals surface area contributed by atoms with Crippen molar-refractivity contribution in [3.63, 3.8) is 0 Å². The van der Waals surface area contributed by atoms with E-state index in [-0.39, 0.29) is 44.7 Å². The number of ether oxygens (including phenoxy) is 2. The monoisotopic (exact) mass is 617 g/mol. The first kappa shape index (κ1) is 31.3. The average Bonchev–Trinajstić information content (AvgIpc) is 3.63. The predicted molar refractivity (Wildman–Crippen MR) is 155 cm³/mol. The fraction of sp³-hybridized carbons (Fsp3) is 0.452. The quantitative estimate of drug-likeness (QED) is 0.264. The molecule has 1 aromatic heterocycles. The Hall–Kier alpha value is -4.13. The molecule has 0 unspecified atom stereocenters. The number of anilines is 2. The lowest BCUT2D eigenvalue weighted by Gasteiger charge is -2.35. The molecule has 2 saturated heterocycles. The molecule has 3 atom stereocenters. The van der Waals surface area contributed by atoms with Gasteiger partial charge in [-0.05, 0) is 55.2 Å². The van der Waals surface area contributed by atoms with E-state index in [1.165, 1.54) is 19.4 Å². The van der Waals surface area contributed by atoms with E-state index in [0.29, 0.717) is 42.0 Å². The summed E-state index contributed by atoms with van der Waals surface area (Å²) in [6.07, 6.45) is -0.390. The van der Waals surface area contributed by atoms with Gasteiger partial charge in [-0.25, -0.2) is 9.37 Å². The first-order valence-corrected chi connectivity index (χ1v) is 14.5. The van der Waals surface area contributed by atoms with Crippen molar-refractivity contribution < 1.29 is 36.6 Å². The second-order valence-corrected chi connectivity index (χ2v) is 11.0. The molecule has 9 nitrogen and oxygen atoms in total. The topological polar surface area (TPSA) is 97.7 Å². The minimum atomic E-state index is -4.57. The molecular weight excluding hydrogens is 582 g/mol. The van der Waals surface area contributed by atoms with E-state index in [9.17, 15) is 22.8 Å². The van der Waals surface area contributed by atoms with Crippen LogP contribution in [0.1, 0.15) is 42.4 Å². The zero-order valence-corrected chi connectivity index (χ0v) is 24.5. The number of alkyl halides is 4. The highest BCUT2D eigenvalue weighted by Gasteiger charge is 2.51. The number of imidazole rings is 1. The first-order chi connectivity index (χ1) is 21.0. The molecule has 2 aromatic carbocycles. The lowest BCUT2D eigenvalue weighted by Crippen LogP contribution is -2.45. The summed E-state index contributed by atoms with van der Waals surface area (Å²) in [7, 11) is 1.53. The zero-order chi connectivity index (χ0) is 31.5. The second kappa shape index (κ2) is 12.8. The van der Waals surface area contributed by atoms with Crippen LogP contribution in [0.2, 0.25) is 0 Å². The second-order valence-electron chi connectivity index (χ2n) is 11.0. The van der Waals surface area contributed by atoms with E-state index in [0.717, 1.165) is 12.1 Å². The van der Waals surface area contributed by atoms with Crippen molar-refractivity contribution in [2.24, 2.45) is 5.92 Å². The van der Waals surface area contributed by atoms with Gasteiger partial charge in [-0.1, -0.05) is 18.2 Å². The van der Waals surface area contributed by atoms with Gasteiger partial charge in [0.05, 0.1) is 31.7 Å². The molecule has 2 N–H and O–H groups in total. The molecule has 3 heterocycles. The Morgan fingerprint density at radius 3 is 2.66 bits per heavy atom. The normalized spacial score (nSPS) is 22.1. The van der Waals surface area contributed by atoms with Gasteiger partial charge in [-0.15, -0.1) is 0 Å². The van der Waals surface area contributed by atoms with Gasteiger partial charge < -0.3 is 24.3 Å². The number of esters is 1. The molecule has 0 radical (unpaired) electrons. The largest absolute Gasteiger partial charge is 0.497 e. The Morgan fingerprint density at radius 2 is 1.95 bits per heavy atom. The summed E-state index contributed by atoms with van der Waals surface area (Å²) in [5, 5.41) is 5.57. The van der Waals surface area contributed by atoms with Crippen LogP contribution in [0.4, 0.5) is 29.2 Å². The predicted octanol–water partition coefficient (Wildman–Crippen LogP) is 4.77. The Bertz CT molecular complexity index is 1480. The number of carbonyl (C=O) groups is 2. The lowest BCUT2D eigenvalue weighted by atomic mass is 9.85. The van der Waals surface area contributed by atoms with Crippen LogP contribution in [0, 0.1) is 5.92 Å². The highest BCUT2D eigenvalue weighted by Crippen LogP contribution is 2.38. The number of nitrogens with one attached hydrogen (secondary N) is 2. The van der Waals surface area contributed by atoms with E-state index in [2.05, 4.69) is 15.6 Å². The maximum atomic E-state index is 16.3. The SMILES string of the molecule is CCOC(=O)[C@@H]1CCCN(c2cc(C(F)(F)F)ccc2Cn2ccnc2NC(=O)[C@]2(F)CNC[C@H]2c2ccc(OC)cc2)C1. The number of nitrogens with zero attached hydrogens (tertiary/aromatic N) is 3. The van der Waals surface area contributed by atoms with Gasteiger partial charge in [0.15, 0.2) is 0 Å². The molecular formula is C31H35F4N5O4. The Labute approximate surface area is 252 Å². The fourth-order valence-corrected chi connectivity index (χ4v) is 5.91. The summed E-state index contributed by atoms with van der Waals surface area (Å²) < 4.78 is 69.4. The van der Waals surface area contributed by atoms with Gasteiger partial charge in [-0.3, -0.25) is 14.9 Å². The number of benzene rings is 2. The van der Waals surface area contributed by atoms with Crippen LogP contribution in [0.3, 0.4) is 0 Å². The van der Waals surface area contributed by atoms with Gasteiger partial charge >= 0.3 is 12.1 Å². The molecule has 2 fully saturated rings. The standard InChI is InChI=1S/C31H35F4N5O4/c1-3-44-27(41)22-5-4-13-39(18-22)26-15-23(31(33,34)35)9-6-21(26)17-40-14-12-37-29(40)38-28(42)30(32)19-36-16-25(30)20-7-10-24(43-2)11-8-20/h6-12,14-15,22,25,36H,3-5,13,16-19H2,1-2H3,(H,37,38,42)/t22-,25+,30+/m1/s1. The molecule has 13 heteroatoms. The van der Waals surface area contributed by atoms with Crippen LogP contribution in [0.15, 0.2) is 54.9 Å². The maximum absolute atomic E-state index is 16.3. The average molecular weight is 618 g/mol. The highest BCUT2D eigenvalue weighted by molar-refractivity contribution is 5.97. The summed E-state index contributed by atoms with van der Waals surface area (Å²) in [5.74, 6) is -1.81. The van der Waals surface area contributed by atoms with Gasteiger partial charge in [0.25, 0.3) is 5.91 Å². The Balaban J connectivity index is 1.38. The first-order valence-electron chi connectivity index (χ1n) is 14.5. The molecule has 2 aliphatic rings. The van der Waals surface area contributed by atoms with Gasteiger partial charge in [0, 0.05) is 50.2 Å². The number of rotatable bonds is 9. The minimum absolute atomic E-state index is 0.0447. The summed E-state index contributed by atoms with van der Waals surface area (Å²) in [6.45, 7) is 2.70. The van der Waals surface area contributed by atoms with Crippen LogP contribution < -0.4 is 20.3 Å². The fourth-order valence-electron chi connectivity index (χ4n) is 5.91. The molecule has 1 amide bonds. The van der Waals surface area contributed by atoms with Crippen molar-refractivity contribution in [1.82, 2.24) is 14.9 Å².